The fourth-order valence-corrected chi connectivity index (χ4v) is 3.64. The Kier molecular flexibility index (Phi) is 5.86. The third kappa shape index (κ3) is 4.59. The van der Waals surface area contributed by atoms with E-state index >= 15 is 0 Å². The number of ether oxygens (including phenoxy) is 1. The highest BCUT2D eigenvalue weighted by atomic mass is 16.5. The number of hydrogen-bond acceptors (Lipinski definition) is 4. The minimum absolute atomic E-state index is 0.0350. The zero-order valence-electron chi connectivity index (χ0n) is 15.9. The van der Waals surface area contributed by atoms with Gasteiger partial charge in [-0.3, -0.25) is 4.79 Å². The smallest absolute Gasteiger partial charge is 0.272 e. The molecule has 1 fully saturated rings. The van der Waals surface area contributed by atoms with Crippen LogP contribution >= 0.6 is 0 Å². The van der Waals surface area contributed by atoms with Crippen molar-refractivity contribution in [2.24, 2.45) is 5.92 Å². The Morgan fingerprint density at radius 1 is 1.23 bits per heavy atom. The van der Waals surface area contributed by atoms with Gasteiger partial charge in [-0.1, -0.05) is 12.1 Å². The minimum Gasteiger partial charge on any atom is -0.497 e. The van der Waals surface area contributed by atoms with E-state index < -0.39 is 0 Å². The second-order valence-electron chi connectivity index (χ2n) is 7.09. The van der Waals surface area contributed by atoms with Gasteiger partial charge in [-0.2, -0.15) is 0 Å². The normalized spacial score (nSPS) is 17.2. The van der Waals surface area contributed by atoms with E-state index in [-0.39, 0.29) is 5.91 Å². The molecule has 1 amide bonds. The fourth-order valence-electron chi connectivity index (χ4n) is 3.64. The molecule has 1 unspecified atom stereocenters. The molecular weight excluding hydrogens is 326 g/mol. The van der Waals surface area contributed by atoms with Crippen LogP contribution in [-0.2, 0) is 6.42 Å². The summed E-state index contributed by atoms with van der Waals surface area (Å²) >= 11 is 0. The van der Waals surface area contributed by atoms with Gasteiger partial charge in [0.1, 0.15) is 17.3 Å². The summed E-state index contributed by atoms with van der Waals surface area (Å²) in [4.78, 5) is 23.4. The van der Waals surface area contributed by atoms with Crippen LogP contribution in [0.4, 0.5) is 0 Å². The summed E-state index contributed by atoms with van der Waals surface area (Å²) in [5.41, 5.74) is 2.68. The molecule has 138 valence electrons. The molecule has 3 rings (SSSR count). The monoisotopic (exact) mass is 353 g/mol. The average molecular weight is 353 g/mol. The largest absolute Gasteiger partial charge is 0.497 e. The van der Waals surface area contributed by atoms with Crippen LogP contribution in [-0.4, -0.2) is 41.0 Å². The molecule has 5 heteroatoms. The summed E-state index contributed by atoms with van der Waals surface area (Å²) in [6.45, 7) is 5.37. The van der Waals surface area contributed by atoms with E-state index in [2.05, 4.69) is 22.1 Å². The molecule has 1 aromatic heterocycles. The maximum atomic E-state index is 12.8. The van der Waals surface area contributed by atoms with E-state index in [1.54, 1.807) is 13.2 Å². The standard InChI is InChI=1S/C21H27N3O2/c1-15-13-20(23-16(2)22-15)21(25)24-12-4-5-18(14-24)7-6-17-8-10-19(26-3)11-9-17/h8-11,13,18H,4-7,12,14H2,1-3H3. The zero-order chi connectivity index (χ0) is 18.5. The maximum Gasteiger partial charge on any atom is 0.272 e. The van der Waals surface area contributed by atoms with E-state index in [1.807, 2.05) is 30.9 Å². The van der Waals surface area contributed by atoms with E-state index in [4.69, 9.17) is 4.74 Å². The van der Waals surface area contributed by atoms with Crippen LogP contribution in [0, 0.1) is 19.8 Å². The predicted molar refractivity (Wildman–Crippen MR) is 101 cm³/mol. The SMILES string of the molecule is COc1ccc(CCC2CCCN(C(=O)c3cc(C)nc(C)n3)C2)cc1. The summed E-state index contributed by atoms with van der Waals surface area (Å²) in [6, 6.07) is 10.0. The minimum atomic E-state index is 0.0350. The van der Waals surface area contributed by atoms with Gasteiger partial charge in [-0.15, -0.1) is 0 Å². The summed E-state index contributed by atoms with van der Waals surface area (Å²) in [6.07, 6.45) is 4.37. The van der Waals surface area contributed by atoms with Crippen LogP contribution in [0.1, 0.15) is 46.8 Å². The van der Waals surface area contributed by atoms with Crippen molar-refractivity contribution >= 4 is 5.91 Å². The molecule has 26 heavy (non-hydrogen) atoms. The summed E-state index contributed by atoms with van der Waals surface area (Å²) in [5.74, 6) is 2.12. The zero-order valence-corrected chi connectivity index (χ0v) is 15.9. The van der Waals surface area contributed by atoms with Crippen molar-refractivity contribution in [1.29, 1.82) is 0 Å². The summed E-state index contributed by atoms with van der Waals surface area (Å²) < 4.78 is 5.21. The van der Waals surface area contributed by atoms with Crippen molar-refractivity contribution in [1.82, 2.24) is 14.9 Å². The van der Waals surface area contributed by atoms with Crippen LogP contribution in [0.25, 0.3) is 0 Å². The van der Waals surface area contributed by atoms with Gasteiger partial charge in [0.15, 0.2) is 0 Å². The number of methoxy groups -OCH3 is 1. The number of carbonyl (C=O) groups excluding carboxylic acids is 1. The van der Waals surface area contributed by atoms with Crippen molar-refractivity contribution in [3.05, 3.63) is 53.1 Å². The van der Waals surface area contributed by atoms with E-state index in [1.165, 1.54) is 12.0 Å². The molecule has 2 heterocycles. The number of benzene rings is 1. The third-order valence-electron chi connectivity index (χ3n) is 4.99. The van der Waals surface area contributed by atoms with Crippen LogP contribution in [0.5, 0.6) is 5.75 Å². The summed E-state index contributed by atoms with van der Waals surface area (Å²) in [7, 11) is 1.68. The maximum absolute atomic E-state index is 12.8. The second-order valence-corrected chi connectivity index (χ2v) is 7.09. The average Bonchev–Trinajstić information content (AvgIpc) is 2.65. The van der Waals surface area contributed by atoms with Crippen molar-refractivity contribution < 1.29 is 9.53 Å². The molecule has 1 atom stereocenters. The lowest BCUT2D eigenvalue weighted by molar-refractivity contribution is 0.0661. The highest BCUT2D eigenvalue weighted by molar-refractivity contribution is 5.92. The number of piperidine rings is 1. The molecule has 0 aliphatic carbocycles. The second kappa shape index (κ2) is 8.30. The number of aromatic nitrogens is 2. The van der Waals surface area contributed by atoms with Gasteiger partial charge < -0.3 is 9.64 Å². The fraction of sp³-hybridized carbons (Fsp3) is 0.476. The molecule has 2 aromatic rings. The van der Waals surface area contributed by atoms with Crippen molar-refractivity contribution in [3.63, 3.8) is 0 Å². The van der Waals surface area contributed by atoms with E-state index in [0.29, 0.717) is 17.4 Å². The Morgan fingerprint density at radius 2 is 2.00 bits per heavy atom. The van der Waals surface area contributed by atoms with Crippen LogP contribution in [0.3, 0.4) is 0 Å². The Hall–Kier alpha value is -2.43. The van der Waals surface area contributed by atoms with Gasteiger partial charge in [0.25, 0.3) is 5.91 Å². The summed E-state index contributed by atoms with van der Waals surface area (Å²) in [5, 5.41) is 0. The molecule has 5 nitrogen and oxygen atoms in total. The van der Waals surface area contributed by atoms with Crippen LogP contribution in [0.15, 0.2) is 30.3 Å². The number of aryl methyl sites for hydroxylation is 3. The molecule has 1 aromatic carbocycles. The van der Waals surface area contributed by atoms with Gasteiger partial charge in [0.05, 0.1) is 7.11 Å². The van der Waals surface area contributed by atoms with Crippen molar-refractivity contribution in [2.75, 3.05) is 20.2 Å². The Morgan fingerprint density at radius 3 is 2.69 bits per heavy atom. The van der Waals surface area contributed by atoms with Crippen LogP contribution < -0.4 is 4.74 Å². The highest BCUT2D eigenvalue weighted by Gasteiger charge is 2.25. The van der Waals surface area contributed by atoms with Gasteiger partial charge in [0, 0.05) is 18.8 Å². The third-order valence-corrected chi connectivity index (χ3v) is 4.99. The van der Waals surface area contributed by atoms with Crippen molar-refractivity contribution in [3.8, 4) is 5.75 Å². The van der Waals surface area contributed by atoms with Crippen LogP contribution in [0.2, 0.25) is 0 Å². The topological polar surface area (TPSA) is 55.3 Å². The molecule has 0 spiro atoms. The number of likely N-dealkylation sites (tertiary alicyclic amines) is 1. The molecule has 0 saturated carbocycles. The van der Waals surface area contributed by atoms with Gasteiger partial charge in [0.2, 0.25) is 0 Å². The molecule has 0 radical (unpaired) electrons. The highest BCUT2D eigenvalue weighted by Crippen LogP contribution is 2.23. The Labute approximate surface area is 155 Å². The van der Waals surface area contributed by atoms with E-state index in [9.17, 15) is 4.79 Å². The lowest BCUT2D eigenvalue weighted by Crippen LogP contribution is -2.40. The first-order chi connectivity index (χ1) is 12.5. The quantitative estimate of drug-likeness (QED) is 0.824. The Balaban J connectivity index is 1.58. The number of carbonyl (C=O) groups is 1. The molecule has 0 bridgehead atoms. The molecule has 0 N–H and O–H groups in total. The first-order valence-electron chi connectivity index (χ1n) is 9.29. The molecule has 1 saturated heterocycles. The van der Waals surface area contributed by atoms with Gasteiger partial charge >= 0.3 is 0 Å². The lowest BCUT2D eigenvalue weighted by Gasteiger charge is -2.32. The van der Waals surface area contributed by atoms with Gasteiger partial charge in [-0.25, -0.2) is 9.97 Å². The molecular formula is C21H27N3O2. The molecule has 1 aliphatic heterocycles. The number of nitrogens with zero attached hydrogens (tertiary/aromatic N) is 3. The lowest BCUT2D eigenvalue weighted by atomic mass is 9.91. The number of hydrogen-bond donors (Lipinski definition) is 0. The first kappa shape index (κ1) is 18.4. The molecule has 1 aliphatic rings. The number of amides is 1. The van der Waals surface area contributed by atoms with E-state index in [0.717, 1.165) is 43.8 Å². The van der Waals surface area contributed by atoms with Gasteiger partial charge in [-0.05, 0) is 69.2 Å². The first-order valence-corrected chi connectivity index (χ1v) is 9.29. The predicted octanol–water partition coefficient (Wildman–Crippen LogP) is 3.59. The Bertz CT molecular complexity index is 738. The van der Waals surface area contributed by atoms with Crippen molar-refractivity contribution in [2.45, 2.75) is 39.5 Å². The number of rotatable bonds is 5.